The summed E-state index contributed by atoms with van der Waals surface area (Å²) in [5, 5.41) is 15.0. The molecule has 2 unspecified atom stereocenters. The second-order valence-corrected chi connectivity index (χ2v) is 7.97. The van der Waals surface area contributed by atoms with Crippen molar-refractivity contribution >= 4 is 34.6 Å². The third-order valence-corrected chi connectivity index (χ3v) is 5.85. The summed E-state index contributed by atoms with van der Waals surface area (Å²) in [5.74, 6) is 0.0969. The zero-order valence-electron chi connectivity index (χ0n) is 16.3. The molecule has 8 heteroatoms. The third kappa shape index (κ3) is 3.52. The summed E-state index contributed by atoms with van der Waals surface area (Å²) in [4.78, 5) is 10.7. The van der Waals surface area contributed by atoms with Gasteiger partial charge in [-0.1, -0.05) is 17.7 Å². The first-order chi connectivity index (χ1) is 15.1. The maximum atomic E-state index is 10.7. The molecule has 0 spiro atoms. The molecule has 0 saturated carbocycles. The van der Waals surface area contributed by atoms with Gasteiger partial charge in [0.15, 0.2) is 5.11 Å². The number of hydrogen-bond donors (Lipinski definition) is 2. The molecule has 0 aliphatic carbocycles. The van der Waals surface area contributed by atoms with E-state index in [-0.39, 0.29) is 17.8 Å². The minimum Gasteiger partial charge on any atom is -0.506 e. The molecule has 1 aliphatic heterocycles. The van der Waals surface area contributed by atoms with Gasteiger partial charge < -0.3 is 19.9 Å². The number of hydrogen-bond acceptors (Lipinski definition) is 4. The Hall–Kier alpha value is -3.42. The zero-order chi connectivity index (χ0) is 21.4. The van der Waals surface area contributed by atoms with E-state index in [1.807, 2.05) is 53.6 Å². The van der Waals surface area contributed by atoms with Gasteiger partial charge in [-0.3, -0.25) is 9.97 Å². The second kappa shape index (κ2) is 8.02. The van der Waals surface area contributed by atoms with Crippen LogP contribution in [0.15, 0.2) is 85.5 Å². The van der Waals surface area contributed by atoms with Gasteiger partial charge in [-0.25, -0.2) is 0 Å². The van der Waals surface area contributed by atoms with Crippen LogP contribution in [0.5, 0.6) is 5.75 Å². The molecular weight excluding hydrogens is 430 g/mol. The number of nitrogens with one attached hydrogen (secondary N) is 1. The number of benzene rings is 1. The summed E-state index contributed by atoms with van der Waals surface area (Å²) in [7, 11) is 0. The van der Waals surface area contributed by atoms with E-state index >= 15 is 0 Å². The van der Waals surface area contributed by atoms with Crippen molar-refractivity contribution < 1.29 is 5.11 Å². The molecule has 0 radical (unpaired) electrons. The first kappa shape index (κ1) is 19.5. The second-order valence-electron chi connectivity index (χ2n) is 7.14. The SMILES string of the molecule is Oc1ccc(Cl)cc1N1C(=S)NC(c2ccccn2)C1c1cccn1-c1cccnc1. The minimum absolute atomic E-state index is 0.0969. The highest BCUT2D eigenvalue weighted by Crippen LogP contribution is 2.45. The topological polar surface area (TPSA) is 66.2 Å². The first-order valence-electron chi connectivity index (χ1n) is 9.70. The largest absolute Gasteiger partial charge is 0.506 e. The molecule has 3 aromatic heterocycles. The van der Waals surface area contributed by atoms with Crippen LogP contribution in [0.2, 0.25) is 5.02 Å². The van der Waals surface area contributed by atoms with Gasteiger partial charge in [0.1, 0.15) is 11.8 Å². The van der Waals surface area contributed by atoms with E-state index in [9.17, 15) is 5.11 Å². The number of rotatable bonds is 4. The maximum Gasteiger partial charge on any atom is 0.174 e. The van der Waals surface area contributed by atoms with Gasteiger partial charge in [0.25, 0.3) is 0 Å². The number of pyridine rings is 2. The number of phenols is 1. The molecular formula is C23H18ClN5OS. The lowest BCUT2D eigenvalue weighted by atomic mass is 10.0. The molecule has 2 atom stereocenters. The Labute approximate surface area is 189 Å². The molecule has 5 rings (SSSR count). The monoisotopic (exact) mass is 447 g/mol. The Bertz CT molecular complexity index is 1230. The Morgan fingerprint density at radius 1 is 1.03 bits per heavy atom. The molecule has 154 valence electrons. The maximum absolute atomic E-state index is 10.7. The molecule has 4 aromatic rings. The highest BCUT2D eigenvalue weighted by atomic mass is 35.5. The number of halogens is 1. The molecule has 1 fully saturated rings. The number of anilines is 1. The van der Waals surface area contributed by atoms with Crippen molar-refractivity contribution in [2.45, 2.75) is 12.1 Å². The average Bonchev–Trinajstić information content (AvgIpc) is 3.41. The van der Waals surface area contributed by atoms with Crippen molar-refractivity contribution in [1.82, 2.24) is 19.9 Å². The first-order valence-corrected chi connectivity index (χ1v) is 10.5. The molecule has 0 amide bonds. The van der Waals surface area contributed by atoms with Crippen LogP contribution in [0.25, 0.3) is 5.69 Å². The predicted molar refractivity (Wildman–Crippen MR) is 125 cm³/mol. The van der Waals surface area contributed by atoms with Gasteiger partial charge in [0.05, 0.1) is 29.3 Å². The molecule has 1 aliphatic rings. The third-order valence-electron chi connectivity index (χ3n) is 5.30. The van der Waals surface area contributed by atoms with Crippen molar-refractivity contribution in [2.24, 2.45) is 0 Å². The van der Waals surface area contributed by atoms with E-state index in [2.05, 4.69) is 19.9 Å². The van der Waals surface area contributed by atoms with Gasteiger partial charge in [0, 0.05) is 29.3 Å². The highest BCUT2D eigenvalue weighted by Gasteiger charge is 2.43. The molecule has 0 bridgehead atoms. The molecule has 4 heterocycles. The van der Waals surface area contributed by atoms with Crippen molar-refractivity contribution in [3.63, 3.8) is 0 Å². The Balaban J connectivity index is 1.70. The van der Waals surface area contributed by atoms with Crippen LogP contribution in [0.1, 0.15) is 23.5 Å². The lowest BCUT2D eigenvalue weighted by Gasteiger charge is -2.29. The van der Waals surface area contributed by atoms with Crippen LogP contribution in [0, 0.1) is 0 Å². The number of aromatic hydroxyl groups is 1. The van der Waals surface area contributed by atoms with Gasteiger partial charge in [-0.05, 0) is 66.8 Å². The van der Waals surface area contributed by atoms with Crippen LogP contribution in [0.3, 0.4) is 0 Å². The van der Waals surface area contributed by atoms with E-state index in [1.54, 1.807) is 36.8 Å². The van der Waals surface area contributed by atoms with Crippen molar-refractivity contribution in [2.75, 3.05) is 4.90 Å². The van der Waals surface area contributed by atoms with Crippen LogP contribution < -0.4 is 10.2 Å². The summed E-state index contributed by atoms with van der Waals surface area (Å²) < 4.78 is 2.07. The summed E-state index contributed by atoms with van der Waals surface area (Å²) in [6.07, 6.45) is 7.29. The zero-order valence-corrected chi connectivity index (χ0v) is 17.8. The van der Waals surface area contributed by atoms with Crippen molar-refractivity contribution in [3.05, 3.63) is 102 Å². The molecule has 31 heavy (non-hydrogen) atoms. The Morgan fingerprint density at radius 2 is 1.94 bits per heavy atom. The molecule has 1 saturated heterocycles. The normalized spacial score (nSPS) is 18.2. The molecule has 1 aromatic carbocycles. The van der Waals surface area contributed by atoms with Gasteiger partial charge in [0.2, 0.25) is 0 Å². The summed E-state index contributed by atoms with van der Waals surface area (Å²) in [6.45, 7) is 0. The highest BCUT2D eigenvalue weighted by molar-refractivity contribution is 7.80. The van der Waals surface area contributed by atoms with Crippen LogP contribution in [0.4, 0.5) is 5.69 Å². The number of thiocarbonyl (C=S) groups is 1. The van der Waals surface area contributed by atoms with E-state index < -0.39 is 0 Å². The molecule has 6 nitrogen and oxygen atoms in total. The summed E-state index contributed by atoms with van der Waals surface area (Å²) >= 11 is 12.0. The lowest BCUT2D eigenvalue weighted by Crippen LogP contribution is -2.30. The van der Waals surface area contributed by atoms with Gasteiger partial charge >= 0.3 is 0 Å². The van der Waals surface area contributed by atoms with Crippen LogP contribution in [-0.2, 0) is 0 Å². The van der Waals surface area contributed by atoms with E-state index in [4.69, 9.17) is 23.8 Å². The summed E-state index contributed by atoms with van der Waals surface area (Å²) in [6, 6.07) is 18.1. The fourth-order valence-corrected chi connectivity index (χ4v) is 4.48. The fourth-order valence-electron chi connectivity index (χ4n) is 3.97. The summed E-state index contributed by atoms with van der Waals surface area (Å²) in [5.41, 5.74) is 3.27. The average molecular weight is 448 g/mol. The predicted octanol–water partition coefficient (Wildman–Crippen LogP) is 4.80. The smallest absolute Gasteiger partial charge is 0.174 e. The van der Waals surface area contributed by atoms with Crippen LogP contribution in [-0.4, -0.2) is 24.8 Å². The van der Waals surface area contributed by atoms with E-state index in [0.29, 0.717) is 15.8 Å². The lowest BCUT2D eigenvalue weighted by molar-refractivity contribution is 0.472. The Morgan fingerprint density at radius 3 is 2.71 bits per heavy atom. The van der Waals surface area contributed by atoms with Crippen molar-refractivity contribution in [3.8, 4) is 11.4 Å². The Kier molecular flexibility index (Phi) is 5.05. The number of aromatic nitrogens is 3. The van der Waals surface area contributed by atoms with Crippen LogP contribution >= 0.6 is 23.8 Å². The number of phenolic OH excluding ortho intramolecular Hbond substituents is 1. The minimum atomic E-state index is -0.290. The standard InChI is InChI=1S/C23H18ClN5OS/c24-15-8-9-20(30)19(13-15)29-22(21(27-23(29)31)17-6-1-2-11-26-17)18-7-4-12-28(18)16-5-3-10-25-14-16/h1-14,21-22,30H,(H,27,31). The quantitative estimate of drug-likeness (QED) is 0.438. The van der Waals surface area contributed by atoms with E-state index in [0.717, 1.165) is 17.1 Å². The van der Waals surface area contributed by atoms with Gasteiger partial charge in [-0.15, -0.1) is 0 Å². The fraction of sp³-hybridized carbons (Fsp3) is 0.0870. The number of nitrogens with zero attached hydrogens (tertiary/aromatic N) is 4. The van der Waals surface area contributed by atoms with Crippen molar-refractivity contribution in [1.29, 1.82) is 0 Å². The van der Waals surface area contributed by atoms with Gasteiger partial charge in [-0.2, -0.15) is 0 Å². The van der Waals surface area contributed by atoms with E-state index in [1.165, 1.54) is 0 Å². The molecule has 2 N–H and O–H groups in total.